The van der Waals surface area contributed by atoms with E-state index >= 15 is 0 Å². The third-order valence-electron chi connectivity index (χ3n) is 3.64. The minimum atomic E-state index is 0.805. The van der Waals surface area contributed by atoms with Gasteiger partial charge in [-0.25, -0.2) is 0 Å². The Morgan fingerprint density at radius 2 is 1.81 bits per heavy atom. The Kier molecular flexibility index (Phi) is 2.94. The molecular weight excluding hydrogens is 198 g/mol. The summed E-state index contributed by atoms with van der Waals surface area (Å²) in [6.45, 7) is 5.27. The van der Waals surface area contributed by atoms with Crippen LogP contribution in [-0.4, -0.2) is 18.0 Å². The molecule has 1 aromatic carbocycles. The predicted octanol–water partition coefficient (Wildman–Crippen LogP) is 2.70. The van der Waals surface area contributed by atoms with E-state index in [1.807, 2.05) is 0 Å². The van der Waals surface area contributed by atoms with Crippen molar-refractivity contribution in [2.75, 3.05) is 13.1 Å². The van der Waals surface area contributed by atoms with Gasteiger partial charge in [-0.2, -0.15) is 0 Å². The van der Waals surface area contributed by atoms with Crippen molar-refractivity contribution in [3.05, 3.63) is 34.9 Å². The van der Waals surface area contributed by atoms with Crippen molar-refractivity contribution in [2.24, 2.45) is 0 Å². The predicted molar refractivity (Wildman–Crippen MR) is 64.1 cm³/mol. The fourth-order valence-corrected chi connectivity index (χ4v) is 2.70. The molecular formula is C14H19NO. The SMILES string of the molecule is c1cc2c(cc1CN1CCCCC1)COC2. The molecule has 1 fully saturated rings. The van der Waals surface area contributed by atoms with E-state index in [-0.39, 0.29) is 0 Å². The van der Waals surface area contributed by atoms with Gasteiger partial charge in [0.05, 0.1) is 13.2 Å². The third-order valence-corrected chi connectivity index (χ3v) is 3.64. The van der Waals surface area contributed by atoms with Gasteiger partial charge in [0.2, 0.25) is 0 Å². The third kappa shape index (κ3) is 2.13. The lowest BCUT2D eigenvalue weighted by Gasteiger charge is -2.26. The van der Waals surface area contributed by atoms with Gasteiger partial charge in [-0.3, -0.25) is 4.90 Å². The van der Waals surface area contributed by atoms with Gasteiger partial charge in [0.25, 0.3) is 0 Å². The number of hydrogen-bond acceptors (Lipinski definition) is 2. The summed E-state index contributed by atoms with van der Waals surface area (Å²) in [6.07, 6.45) is 4.15. The standard InChI is InChI=1S/C14H19NO/c1-2-6-15(7-3-1)9-12-4-5-13-10-16-11-14(13)8-12/h4-5,8H,1-3,6-7,9-11H2. The van der Waals surface area contributed by atoms with Gasteiger partial charge in [0.15, 0.2) is 0 Å². The first kappa shape index (κ1) is 10.3. The molecule has 0 N–H and O–H groups in total. The summed E-state index contributed by atoms with van der Waals surface area (Å²) in [5, 5.41) is 0. The molecule has 1 aromatic rings. The average Bonchev–Trinajstić information content (AvgIpc) is 2.77. The van der Waals surface area contributed by atoms with Gasteiger partial charge in [-0.15, -0.1) is 0 Å². The second-order valence-corrected chi connectivity index (χ2v) is 4.93. The lowest BCUT2D eigenvalue weighted by Crippen LogP contribution is -2.29. The van der Waals surface area contributed by atoms with Crippen molar-refractivity contribution in [3.63, 3.8) is 0 Å². The van der Waals surface area contributed by atoms with E-state index in [2.05, 4.69) is 23.1 Å². The molecule has 2 nitrogen and oxygen atoms in total. The normalized spacial score (nSPS) is 21.0. The number of nitrogens with zero attached hydrogens (tertiary/aromatic N) is 1. The number of likely N-dealkylation sites (tertiary alicyclic amines) is 1. The second-order valence-electron chi connectivity index (χ2n) is 4.93. The maximum Gasteiger partial charge on any atom is 0.0725 e. The van der Waals surface area contributed by atoms with Crippen molar-refractivity contribution in [3.8, 4) is 0 Å². The zero-order valence-electron chi connectivity index (χ0n) is 9.74. The molecule has 0 radical (unpaired) electrons. The smallest absolute Gasteiger partial charge is 0.0725 e. The molecule has 0 spiro atoms. The lowest BCUT2D eigenvalue weighted by atomic mass is 10.0. The molecule has 16 heavy (non-hydrogen) atoms. The minimum Gasteiger partial charge on any atom is -0.372 e. The molecule has 86 valence electrons. The molecule has 2 aliphatic heterocycles. The molecule has 2 heteroatoms. The van der Waals surface area contributed by atoms with Gasteiger partial charge in [-0.05, 0) is 42.6 Å². The van der Waals surface area contributed by atoms with Crippen molar-refractivity contribution >= 4 is 0 Å². The van der Waals surface area contributed by atoms with E-state index in [4.69, 9.17) is 4.74 Å². The summed E-state index contributed by atoms with van der Waals surface area (Å²) in [5.41, 5.74) is 4.23. The number of benzene rings is 1. The Hall–Kier alpha value is -0.860. The van der Waals surface area contributed by atoms with E-state index in [1.54, 1.807) is 0 Å². The molecule has 0 aromatic heterocycles. The van der Waals surface area contributed by atoms with Crippen LogP contribution in [0.1, 0.15) is 36.0 Å². The van der Waals surface area contributed by atoms with Gasteiger partial charge >= 0.3 is 0 Å². The van der Waals surface area contributed by atoms with Crippen LogP contribution in [0.2, 0.25) is 0 Å². The number of hydrogen-bond donors (Lipinski definition) is 0. The van der Waals surface area contributed by atoms with E-state index in [0.717, 1.165) is 19.8 Å². The van der Waals surface area contributed by atoms with Crippen LogP contribution < -0.4 is 0 Å². The molecule has 0 bridgehead atoms. The van der Waals surface area contributed by atoms with E-state index in [1.165, 1.54) is 49.0 Å². The maximum absolute atomic E-state index is 5.45. The van der Waals surface area contributed by atoms with Gasteiger partial charge in [0, 0.05) is 6.54 Å². The molecule has 0 saturated carbocycles. The highest BCUT2D eigenvalue weighted by atomic mass is 16.5. The molecule has 0 amide bonds. The number of piperidine rings is 1. The van der Waals surface area contributed by atoms with Crippen LogP contribution in [0.5, 0.6) is 0 Å². The summed E-state index contributed by atoms with van der Waals surface area (Å²) in [6, 6.07) is 6.83. The molecule has 0 atom stereocenters. The Labute approximate surface area is 97.2 Å². The van der Waals surface area contributed by atoms with Crippen LogP contribution in [0.15, 0.2) is 18.2 Å². The van der Waals surface area contributed by atoms with E-state index < -0.39 is 0 Å². The summed E-state index contributed by atoms with van der Waals surface area (Å²) >= 11 is 0. The minimum absolute atomic E-state index is 0.805. The van der Waals surface area contributed by atoms with Crippen LogP contribution in [-0.2, 0) is 24.5 Å². The first-order valence-electron chi connectivity index (χ1n) is 6.32. The van der Waals surface area contributed by atoms with Crippen LogP contribution in [0.4, 0.5) is 0 Å². The van der Waals surface area contributed by atoms with Crippen LogP contribution in [0.25, 0.3) is 0 Å². The Morgan fingerprint density at radius 3 is 2.69 bits per heavy atom. The van der Waals surface area contributed by atoms with Crippen LogP contribution in [0, 0.1) is 0 Å². The zero-order valence-corrected chi connectivity index (χ0v) is 9.74. The highest BCUT2D eigenvalue weighted by Crippen LogP contribution is 2.22. The van der Waals surface area contributed by atoms with Gasteiger partial charge in [-0.1, -0.05) is 24.6 Å². The Morgan fingerprint density at radius 1 is 1.00 bits per heavy atom. The zero-order chi connectivity index (χ0) is 10.8. The number of ether oxygens (including phenoxy) is 1. The Bertz CT molecular complexity index is 369. The maximum atomic E-state index is 5.45. The largest absolute Gasteiger partial charge is 0.372 e. The highest BCUT2D eigenvalue weighted by molar-refractivity contribution is 5.33. The highest BCUT2D eigenvalue weighted by Gasteiger charge is 2.14. The molecule has 1 saturated heterocycles. The molecule has 2 aliphatic rings. The van der Waals surface area contributed by atoms with E-state index in [9.17, 15) is 0 Å². The molecule has 0 aliphatic carbocycles. The monoisotopic (exact) mass is 217 g/mol. The van der Waals surface area contributed by atoms with Crippen molar-refractivity contribution in [2.45, 2.75) is 39.0 Å². The average molecular weight is 217 g/mol. The van der Waals surface area contributed by atoms with Crippen molar-refractivity contribution < 1.29 is 4.74 Å². The topological polar surface area (TPSA) is 12.5 Å². The van der Waals surface area contributed by atoms with E-state index in [0.29, 0.717) is 0 Å². The van der Waals surface area contributed by atoms with Crippen LogP contribution in [0.3, 0.4) is 0 Å². The molecule has 3 rings (SSSR count). The van der Waals surface area contributed by atoms with Crippen LogP contribution >= 0.6 is 0 Å². The number of fused-ring (bicyclic) bond motifs is 1. The summed E-state index contributed by atoms with van der Waals surface area (Å²) in [4.78, 5) is 2.57. The van der Waals surface area contributed by atoms with Crippen molar-refractivity contribution in [1.29, 1.82) is 0 Å². The quantitative estimate of drug-likeness (QED) is 0.755. The van der Waals surface area contributed by atoms with Crippen molar-refractivity contribution in [1.82, 2.24) is 4.90 Å². The Balaban J connectivity index is 1.69. The fraction of sp³-hybridized carbons (Fsp3) is 0.571. The number of rotatable bonds is 2. The molecule has 0 unspecified atom stereocenters. The first-order chi connectivity index (χ1) is 7.92. The fourth-order valence-electron chi connectivity index (χ4n) is 2.70. The summed E-state index contributed by atoms with van der Waals surface area (Å²) in [5.74, 6) is 0. The van der Waals surface area contributed by atoms with Gasteiger partial charge in [0.1, 0.15) is 0 Å². The first-order valence-corrected chi connectivity index (χ1v) is 6.32. The lowest BCUT2D eigenvalue weighted by molar-refractivity contribution is 0.134. The second kappa shape index (κ2) is 4.56. The van der Waals surface area contributed by atoms with Gasteiger partial charge < -0.3 is 4.74 Å². The summed E-state index contributed by atoms with van der Waals surface area (Å²) in [7, 11) is 0. The molecule has 2 heterocycles. The summed E-state index contributed by atoms with van der Waals surface area (Å²) < 4.78 is 5.45.